The molecule has 28 heavy (non-hydrogen) atoms. The zero-order valence-corrected chi connectivity index (χ0v) is 16.6. The summed E-state index contributed by atoms with van der Waals surface area (Å²) >= 11 is 0. The number of aromatic amines is 1. The van der Waals surface area contributed by atoms with Crippen LogP contribution < -0.4 is 15.8 Å². The lowest BCUT2D eigenvalue weighted by atomic mass is 10.1. The molecule has 0 radical (unpaired) electrons. The molecule has 0 saturated carbocycles. The molecule has 0 fully saturated rings. The summed E-state index contributed by atoms with van der Waals surface area (Å²) in [5, 5.41) is 12.9. The largest absolute Gasteiger partial charge is 0.361 e. The van der Waals surface area contributed by atoms with Gasteiger partial charge in [0.15, 0.2) is 5.96 Å². The van der Waals surface area contributed by atoms with Crippen molar-refractivity contribution in [3.63, 3.8) is 0 Å². The van der Waals surface area contributed by atoms with Gasteiger partial charge in [-0.15, -0.1) is 0 Å². The molecular weight excluding hydrogens is 374 g/mol. The Labute approximate surface area is 165 Å². The molecule has 0 amide bonds. The number of benzene rings is 2. The maximum absolute atomic E-state index is 11.3. The SMILES string of the molecule is CCNC(=NCc1ccc(S(N)(=O)=O)cc1)NCCc1c[nH]c2ccccc12. The van der Waals surface area contributed by atoms with Crippen LogP contribution in [0.5, 0.6) is 0 Å². The Morgan fingerprint density at radius 1 is 1.11 bits per heavy atom. The van der Waals surface area contributed by atoms with Gasteiger partial charge in [0, 0.05) is 30.2 Å². The number of primary sulfonamides is 1. The first kappa shape index (κ1) is 19.9. The molecule has 8 heteroatoms. The average Bonchev–Trinajstić information content (AvgIpc) is 3.09. The fourth-order valence-corrected chi connectivity index (χ4v) is 3.47. The molecule has 0 saturated heterocycles. The first-order valence-electron chi connectivity index (χ1n) is 9.16. The lowest BCUT2D eigenvalue weighted by molar-refractivity contribution is 0.598. The number of sulfonamides is 1. The number of H-pyrrole nitrogens is 1. The highest BCUT2D eigenvalue weighted by molar-refractivity contribution is 7.89. The number of guanidine groups is 1. The molecule has 1 heterocycles. The summed E-state index contributed by atoms with van der Waals surface area (Å²) in [6, 6.07) is 14.7. The van der Waals surface area contributed by atoms with Crippen LogP contribution in [0.4, 0.5) is 0 Å². The van der Waals surface area contributed by atoms with E-state index in [1.807, 2.05) is 25.3 Å². The second kappa shape index (κ2) is 8.90. The Bertz CT molecular complexity index is 1060. The number of nitrogens with one attached hydrogen (secondary N) is 3. The quantitative estimate of drug-likeness (QED) is 0.360. The molecular formula is C20H25N5O2S. The number of fused-ring (bicyclic) bond motifs is 1. The average molecular weight is 400 g/mol. The van der Waals surface area contributed by atoms with Gasteiger partial charge in [-0.2, -0.15) is 0 Å². The number of nitrogens with two attached hydrogens (primary N) is 1. The van der Waals surface area contributed by atoms with Crippen LogP contribution in [0.25, 0.3) is 10.9 Å². The van der Waals surface area contributed by atoms with Gasteiger partial charge >= 0.3 is 0 Å². The lowest BCUT2D eigenvalue weighted by Gasteiger charge is -2.11. The molecule has 3 rings (SSSR count). The van der Waals surface area contributed by atoms with Crippen molar-refractivity contribution in [2.45, 2.75) is 24.8 Å². The molecule has 0 aliphatic rings. The minimum absolute atomic E-state index is 0.101. The highest BCUT2D eigenvalue weighted by atomic mass is 32.2. The van der Waals surface area contributed by atoms with Gasteiger partial charge in [0.1, 0.15) is 0 Å². The van der Waals surface area contributed by atoms with Crippen molar-refractivity contribution >= 4 is 26.9 Å². The lowest BCUT2D eigenvalue weighted by Crippen LogP contribution is -2.38. The third-order valence-electron chi connectivity index (χ3n) is 4.38. The number of nitrogens with zero attached hydrogens (tertiary/aromatic N) is 1. The Balaban J connectivity index is 1.59. The molecule has 0 atom stereocenters. The summed E-state index contributed by atoms with van der Waals surface area (Å²) < 4.78 is 22.6. The summed E-state index contributed by atoms with van der Waals surface area (Å²) in [7, 11) is -3.67. The normalized spacial score (nSPS) is 12.3. The van der Waals surface area contributed by atoms with Gasteiger partial charge in [-0.3, -0.25) is 0 Å². The monoisotopic (exact) mass is 399 g/mol. The van der Waals surface area contributed by atoms with Gasteiger partial charge in [0.25, 0.3) is 0 Å². The molecule has 7 nitrogen and oxygen atoms in total. The van der Waals surface area contributed by atoms with Crippen LogP contribution in [-0.2, 0) is 23.0 Å². The van der Waals surface area contributed by atoms with Crippen molar-refractivity contribution < 1.29 is 8.42 Å². The fraction of sp³-hybridized carbons (Fsp3) is 0.250. The second-order valence-electron chi connectivity index (χ2n) is 6.42. The number of aliphatic imine (C=N–C) groups is 1. The van der Waals surface area contributed by atoms with Crippen molar-refractivity contribution in [1.82, 2.24) is 15.6 Å². The summed E-state index contributed by atoms with van der Waals surface area (Å²) in [4.78, 5) is 7.95. The van der Waals surface area contributed by atoms with Crippen molar-refractivity contribution in [1.29, 1.82) is 0 Å². The zero-order chi connectivity index (χ0) is 20.0. The summed E-state index contributed by atoms with van der Waals surface area (Å²) in [6.07, 6.45) is 2.92. The minimum atomic E-state index is -3.67. The molecule has 0 unspecified atom stereocenters. The Hall–Kier alpha value is -2.84. The number of aromatic nitrogens is 1. The molecule has 1 aromatic heterocycles. The third kappa shape index (κ3) is 5.11. The molecule has 0 bridgehead atoms. The third-order valence-corrected chi connectivity index (χ3v) is 5.31. The van der Waals surface area contributed by atoms with Crippen LogP contribution in [-0.4, -0.2) is 32.5 Å². The summed E-state index contributed by atoms with van der Waals surface area (Å²) in [5.74, 6) is 0.720. The smallest absolute Gasteiger partial charge is 0.238 e. The van der Waals surface area contributed by atoms with E-state index in [0.717, 1.165) is 36.6 Å². The van der Waals surface area contributed by atoms with Crippen LogP contribution >= 0.6 is 0 Å². The standard InChI is InChI=1S/C20H25N5O2S/c1-2-22-20(25-13-15-7-9-17(10-8-15)28(21,26)27)23-12-11-16-14-24-19-6-4-3-5-18(16)19/h3-10,14,24H,2,11-13H2,1H3,(H2,21,26,27)(H2,22,23,25). The number of hydrogen-bond acceptors (Lipinski definition) is 3. The van der Waals surface area contributed by atoms with E-state index >= 15 is 0 Å². The molecule has 148 valence electrons. The van der Waals surface area contributed by atoms with Crippen molar-refractivity contribution in [3.8, 4) is 0 Å². The van der Waals surface area contributed by atoms with Crippen LogP contribution in [0, 0.1) is 0 Å². The molecule has 0 aliphatic carbocycles. The topological polar surface area (TPSA) is 112 Å². The van der Waals surface area contributed by atoms with Crippen molar-refractivity contribution in [2.24, 2.45) is 10.1 Å². The Kier molecular flexibility index (Phi) is 6.33. The van der Waals surface area contributed by atoms with Crippen LogP contribution in [0.1, 0.15) is 18.1 Å². The van der Waals surface area contributed by atoms with Gasteiger partial charge in [-0.1, -0.05) is 30.3 Å². The van der Waals surface area contributed by atoms with Gasteiger partial charge in [0.05, 0.1) is 11.4 Å². The van der Waals surface area contributed by atoms with Crippen LogP contribution in [0.15, 0.2) is 64.6 Å². The number of para-hydroxylation sites is 1. The van der Waals surface area contributed by atoms with E-state index in [9.17, 15) is 8.42 Å². The molecule has 3 aromatic rings. The Morgan fingerprint density at radius 3 is 2.57 bits per heavy atom. The van der Waals surface area contributed by atoms with Gasteiger partial charge < -0.3 is 15.6 Å². The van der Waals surface area contributed by atoms with E-state index in [2.05, 4.69) is 32.7 Å². The maximum Gasteiger partial charge on any atom is 0.238 e. The zero-order valence-electron chi connectivity index (χ0n) is 15.8. The molecule has 2 aromatic carbocycles. The second-order valence-corrected chi connectivity index (χ2v) is 7.98. The predicted octanol–water partition coefficient (Wildman–Crippen LogP) is 2.11. The molecule has 0 aliphatic heterocycles. The van der Waals surface area contributed by atoms with Crippen molar-refractivity contribution in [2.75, 3.05) is 13.1 Å². The highest BCUT2D eigenvalue weighted by Gasteiger charge is 2.07. The van der Waals surface area contributed by atoms with Crippen LogP contribution in [0.2, 0.25) is 0 Å². The first-order valence-corrected chi connectivity index (χ1v) is 10.7. The van der Waals surface area contributed by atoms with Crippen LogP contribution in [0.3, 0.4) is 0 Å². The Morgan fingerprint density at radius 2 is 1.86 bits per heavy atom. The van der Waals surface area contributed by atoms with E-state index in [-0.39, 0.29) is 4.90 Å². The van der Waals surface area contributed by atoms with Gasteiger partial charge in [-0.05, 0) is 42.7 Å². The van der Waals surface area contributed by atoms with Crippen molar-refractivity contribution in [3.05, 3.63) is 65.9 Å². The van der Waals surface area contributed by atoms with E-state index in [1.54, 1.807) is 12.1 Å². The molecule has 5 N–H and O–H groups in total. The summed E-state index contributed by atoms with van der Waals surface area (Å²) in [6.45, 7) is 3.95. The maximum atomic E-state index is 11.3. The molecule has 0 spiro atoms. The van der Waals surface area contributed by atoms with E-state index in [1.165, 1.54) is 23.1 Å². The van der Waals surface area contributed by atoms with E-state index < -0.39 is 10.0 Å². The number of rotatable bonds is 7. The van der Waals surface area contributed by atoms with Gasteiger partial charge in [0.2, 0.25) is 10.0 Å². The van der Waals surface area contributed by atoms with E-state index in [4.69, 9.17) is 5.14 Å². The fourth-order valence-electron chi connectivity index (χ4n) is 2.95. The first-order chi connectivity index (χ1) is 13.5. The number of hydrogen-bond donors (Lipinski definition) is 4. The predicted molar refractivity (Wildman–Crippen MR) is 113 cm³/mol. The summed E-state index contributed by atoms with van der Waals surface area (Å²) in [5.41, 5.74) is 3.31. The van der Waals surface area contributed by atoms with Gasteiger partial charge in [-0.25, -0.2) is 18.5 Å². The van der Waals surface area contributed by atoms with E-state index in [0.29, 0.717) is 6.54 Å². The highest BCUT2D eigenvalue weighted by Crippen LogP contribution is 2.17. The minimum Gasteiger partial charge on any atom is -0.361 e.